The van der Waals surface area contributed by atoms with E-state index in [1.807, 2.05) is 57.2 Å². The highest BCUT2D eigenvalue weighted by Gasteiger charge is 2.26. The molecular weight excluding hydrogens is 384 g/mol. The van der Waals surface area contributed by atoms with Crippen LogP contribution in [0.2, 0.25) is 0 Å². The predicted molar refractivity (Wildman–Crippen MR) is 114 cm³/mol. The molecule has 0 aliphatic carbocycles. The molecular formula is C23H28N2O5. The zero-order valence-electron chi connectivity index (χ0n) is 18.0. The van der Waals surface area contributed by atoms with Crippen molar-refractivity contribution in [3.05, 3.63) is 53.6 Å². The second-order valence-corrected chi connectivity index (χ2v) is 8.27. The Morgan fingerprint density at radius 3 is 2.50 bits per heavy atom. The number of carbonyl (C=O) groups excluding carboxylic acids is 2. The number of ether oxygens (including phenoxy) is 3. The van der Waals surface area contributed by atoms with E-state index in [4.69, 9.17) is 14.2 Å². The molecule has 0 saturated carbocycles. The minimum absolute atomic E-state index is 0.194. The van der Waals surface area contributed by atoms with E-state index in [9.17, 15) is 9.59 Å². The van der Waals surface area contributed by atoms with Crippen molar-refractivity contribution in [2.24, 2.45) is 0 Å². The van der Waals surface area contributed by atoms with Gasteiger partial charge in [0.05, 0.1) is 12.8 Å². The molecule has 1 unspecified atom stereocenters. The molecule has 0 aromatic heterocycles. The Morgan fingerprint density at radius 1 is 1.13 bits per heavy atom. The third kappa shape index (κ3) is 5.43. The molecule has 1 atom stereocenters. The number of fused-ring (bicyclic) bond motifs is 1. The van der Waals surface area contributed by atoms with E-state index >= 15 is 0 Å². The molecule has 1 aliphatic heterocycles. The first-order valence-corrected chi connectivity index (χ1v) is 9.86. The number of nitrogens with zero attached hydrogens (tertiary/aromatic N) is 1. The van der Waals surface area contributed by atoms with E-state index < -0.39 is 17.8 Å². The largest absolute Gasteiger partial charge is 0.497 e. The lowest BCUT2D eigenvalue weighted by Gasteiger charge is -2.28. The molecule has 3 rings (SSSR count). The third-order valence-corrected chi connectivity index (χ3v) is 4.51. The molecule has 30 heavy (non-hydrogen) atoms. The Morgan fingerprint density at radius 2 is 1.83 bits per heavy atom. The molecule has 0 fully saturated rings. The van der Waals surface area contributed by atoms with Gasteiger partial charge in [-0.15, -0.1) is 0 Å². The van der Waals surface area contributed by atoms with Crippen LogP contribution in [0.15, 0.2) is 42.5 Å². The van der Waals surface area contributed by atoms with Crippen LogP contribution in [0.3, 0.4) is 0 Å². The van der Waals surface area contributed by atoms with Crippen molar-refractivity contribution in [2.45, 2.75) is 52.5 Å². The highest BCUT2D eigenvalue weighted by atomic mass is 16.6. The number of amides is 2. The molecule has 0 spiro atoms. The number of hydrogen-bond acceptors (Lipinski definition) is 5. The van der Waals surface area contributed by atoms with Gasteiger partial charge in [0.2, 0.25) is 0 Å². The van der Waals surface area contributed by atoms with Crippen molar-refractivity contribution < 1.29 is 23.8 Å². The molecule has 2 aromatic carbocycles. The molecule has 1 aliphatic rings. The zero-order valence-corrected chi connectivity index (χ0v) is 18.0. The standard InChI is InChI=1S/C23H28N2O5/c1-15-21(26)24-19-12-17(9-10-20(19)29-15)14-25(22(27)30-23(2,3)4)13-16-7-6-8-18(11-16)28-5/h6-12,15H,13-14H2,1-5H3,(H,24,26). The topological polar surface area (TPSA) is 77.1 Å². The number of anilines is 1. The van der Waals surface area contributed by atoms with Gasteiger partial charge in [-0.25, -0.2) is 4.79 Å². The van der Waals surface area contributed by atoms with Gasteiger partial charge < -0.3 is 19.5 Å². The van der Waals surface area contributed by atoms with Crippen LogP contribution < -0.4 is 14.8 Å². The van der Waals surface area contributed by atoms with Crippen molar-refractivity contribution in [3.8, 4) is 11.5 Å². The average molecular weight is 412 g/mol. The Bertz CT molecular complexity index is 935. The van der Waals surface area contributed by atoms with Gasteiger partial charge in [-0.2, -0.15) is 0 Å². The maximum Gasteiger partial charge on any atom is 0.410 e. The lowest BCUT2D eigenvalue weighted by molar-refractivity contribution is -0.122. The van der Waals surface area contributed by atoms with Crippen LogP contribution in [-0.4, -0.2) is 35.7 Å². The van der Waals surface area contributed by atoms with Crippen LogP contribution >= 0.6 is 0 Å². The summed E-state index contributed by atoms with van der Waals surface area (Å²) in [5, 5.41) is 2.84. The highest BCUT2D eigenvalue weighted by molar-refractivity contribution is 5.97. The van der Waals surface area contributed by atoms with Gasteiger partial charge in [0.15, 0.2) is 6.10 Å². The summed E-state index contributed by atoms with van der Waals surface area (Å²) < 4.78 is 16.5. The summed E-state index contributed by atoms with van der Waals surface area (Å²) >= 11 is 0. The fraction of sp³-hybridized carbons (Fsp3) is 0.391. The van der Waals surface area contributed by atoms with Gasteiger partial charge in [-0.3, -0.25) is 9.69 Å². The maximum absolute atomic E-state index is 12.9. The lowest BCUT2D eigenvalue weighted by atomic mass is 10.1. The number of benzene rings is 2. The predicted octanol–water partition coefficient (Wildman–Crippen LogP) is 4.35. The molecule has 2 aromatic rings. The van der Waals surface area contributed by atoms with E-state index in [2.05, 4.69) is 5.32 Å². The number of nitrogens with one attached hydrogen (secondary N) is 1. The quantitative estimate of drug-likeness (QED) is 0.790. The maximum atomic E-state index is 12.9. The van der Waals surface area contributed by atoms with Crippen LogP contribution in [0.4, 0.5) is 10.5 Å². The summed E-state index contributed by atoms with van der Waals surface area (Å²) in [7, 11) is 1.61. The van der Waals surface area contributed by atoms with Crippen LogP contribution in [-0.2, 0) is 22.6 Å². The fourth-order valence-corrected chi connectivity index (χ4v) is 3.08. The number of hydrogen-bond donors (Lipinski definition) is 1. The Balaban J connectivity index is 1.84. The summed E-state index contributed by atoms with van der Waals surface area (Å²) in [5.74, 6) is 1.14. The van der Waals surface area contributed by atoms with Crippen LogP contribution in [0.1, 0.15) is 38.8 Å². The van der Waals surface area contributed by atoms with E-state index in [0.29, 0.717) is 24.5 Å². The Kier molecular flexibility index (Phi) is 6.20. The summed E-state index contributed by atoms with van der Waals surface area (Å²) in [5.41, 5.74) is 1.75. The van der Waals surface area contributed by atoms with E-state index in [1.165, 1.54) is 0 Å². The third-order valence-electron chi connectivity index (χ3n) is 4.51. The normalized spacial score (nSPS) is 15.5. The zero-order chi connectivity index (χ0) is 21.9. The average Bonchev–Trinajstić information content (AvgIpc) is 2.67. The SMILES string of the molecule is COc1cccc(CN(Cc2ccc3c(c2)NC(=O)C(C)O3)C(=O)OC(C)(C)C)c1. The van der Waals surface area contributed by atoms with Crippen molar-refractivity contribution in [3.63, 3.8) is 0 Å². The molecule has 1 N–H and O–H groups in total. The number of rotatable bonds is 5. The van der Waals surface area contributed by atoms with Gasteiger partial charge in [0.25, 0.3) is 5.91 Å². The first-order valence-electron chi connectivity index (χ1n) is 9.86. The Labute approximate surface area is 176 Å². The lowest BCUT2D eigenvalue weighted by Crippen LogP contribution is -2.36. The Hall–Kier alpha value is -3.22. The van der Waals surface area contributed by atoms with Crippen LogP contribution in [0, 0.1) is 0 Å². The van der Waals surface area contributed by atoms with Gasteiger partial charge in [0.1, 0.15) is 17.1 Å². The van der Waals surface area contributed by atoms with Crippen molar-refractivity contribution in [1.29, 1.82) is 0 Å². The van der Waals surface area contributed by atoms with Gasteiger partial charge in [-0.1, -0.05) is 18.2 Å². The molecule has 2 amide bonds. The van der Waals surface area contributed by atoms with E-state index in [1.54, 1.807) is 25.0 Å². The van der Waals surface area contributed by atoms with E-state index in [-0.39, 0.29) is 5.91 Å². The second kappa shape index (κ2) is 8.65. The summed E-state index contributed by atoms with van der Waals surface area (Å²) in [6, 6.07) is 13.1. The highest BCUT2D eigenvalue weighted by Crippen LogP contribution is 2.31. The van der Waals surface area contributed by atoms with Crippen molar-refractivity contribution in [2.75, 3.05) is 12.4 Å². The minimum atomic E-state index is -0.614. The first kappa shape index (κ1) is 21.5. The summed E-state index contributed by atoms with van der Waals surface area (Å²) in [4.78, 5) is 26.4. The van der Waals surface area contributed by atoms with Gasteiger partial charge in [-0.05, 0) is 63.1 Å². The number of carbonyl (C=O) groups is 2. The summed E-state index contributed by atoms with van der Waals surface area (Å²) in [6.45, 7) is 7.86. The van der Waals surface area contributed by atoms with Crippen molar-refractivity contribution in [1.82, 2.24) is 4.90 Å². The molecule has 0 saturated heterocycles. The van der Waals surface area contributed by atoms with Crippen LogP contribution in [0.25, 0.3) is 0 Å². The van der Waals surface area contributed by atoms with Gasteiger partial charge in [0, 0.05) is 13.1 Å². The second-order valence-electron chi connectivity index (χ2n) is 8.27. The van der Waals surface area contributed by atoms with E-state index in [0.717, 1.165) is 16.9 Å². The monoisotopic (exact) mass is 412 g/mol. The fourth-order valence-electron chi connectivity index (χ4n) is 3.08. The smallest absolute Gasteiger partial charge is 0.410 e. The molecule has 1 heterocycles. The molecule has 7 nitrogen and oxygen atoms in total. The molecule has 0 bridgehead atoms. The number of methoxy groups -OCH3 is 1. The molecule has 0 radical (unpaired) electrons. The van der Waals surface area contributed by atoms with Gasteiger partial charge >= 0.3 is 6.09 Å². The van der Waals surface area contributed by atoms with Crippen molar-refractivity contribution >= 4 is 17.7 Å². The summed E-state index contributed by atoms with van der Waals surface area (Å²) in [6.07, 6.45) is -0.952. The minimum Gasteiger partial charge on any atom is -0.497 e. The van der Waals surface area contributed by atoms with Crippen LogP contribution in [0.5, 0.6) is 11.5 Å². The molecule has 7 heteroatoms. The first-order chi connectivity index (χ1) is 14.1. The molecule has 160 valence electrons.